The van der Waals surface area contributed by atoms with E-state index in [0.29, 0.717) is 19.0 Å². The molecule has 1 heterocycles. The molecule has 4 rings (SSSR count). The van der Waals surface area contributed by atoms with Crippen LogP contribution in [0.25, 0.3) is 0 Å². The van der Waals surface area contributed by atoms with Crippen LogP contribution in [-0.4, -0.2) is 28.0 Å². The second-order valence-corrected chi connectivity index (χ2v) is 7.87. The van der Waals surface area contributed by atoms with Crippen molar-refractivity contribution in [3.63, 3.8) is 0 Å². The fraction of sp³-hybridized carbons (Fsp3) is 0.500. The second-order valence-electron chi connectivity index (χ2n) is 7.87. The van der Waals surface area contributed by atoms with Crippen molar-refractivity contribution in [1.29, 1.82) is 0 Å². The fourth-order valence-electron chi connectivity index (χ4n) is 3.51. The molecule has 0 aliphatic heterocycles. The molecular weight excluding hydrogens is 324 g/mol. The topological polar surface area (TPSA) is 34.5 Å². The van der Waals surface area contributed by atoms with E-state index >= 15 is 0 Å². The van der Waals surface area contributed by atoms with E-state index in [-0.39, 0.29) is 5.91 Å². The van der Waals surface area contributed by atoms with Gasteiger partial charge in [-0.1, -0.05) is 18.6 Å². The zero-order valence-corrected chi connectivity index (χ0v) is 15.6. The molecule has 2 aromatic rings. The fourth-order valence-corrected chi connectivity index (χ4v) is 3.51. The van der Waals surface area contributed by atoms with Crippen molar-refractivity contribution in [1.82, 2.24) is 9.47 Å². The Balaban J connectivity index is 1.34. The van der Waals surface area contributed by atoms with Crippen LogP contribution in [0, 0.1) is 5.92 Å². The zero-order chi connectivity index (χ0) is 17.9. The van der Waals surface area contributed by atoms with Crippen molar-refractivity contribution >= 4 is 5.91 Å². The molecule has 2 fully saturated rings. The van der Waals surface area contributed by atoms with Gasteiger partial charge in [0.2, 0.25) is 5.91 Å². The molecule has 0 atom stereocenters. The van der Waals surface area contributed by atoms with Gasteiger partial charge in [0.1, 0.15) is 5.75 Å². The minimum atomic E-state index is 0.226. The van der Waals surface area contributed by atoms with Gasteiger partial charge in [-0.2, -0.15) is 0 Å². The summed E-state index contributed by atoms with van der Waals surface area (Å²) in [6.45, 7) is 1.53. The summed E-state index contributed by atoms with van der Waals surface area (Å²) in [5, 5.41) is 0. The third kappa shape index (κ3) is 4.29. The number of carbonyl (C=O) groups excluding carboxylic acids is 1. The summed E-state index contributed by atoms with van der Waals surface area (Å²) in [4.78, 5) is 14.8. The Morgan fingerprint density at radius 2 is 1.88 bits per heavy atom. The molecule has 0 N–H and O–H groups in total. The molecule has 1 aromatic heterocycles. The van der Waals surface area contributed by atoms with Crippen molar-refractivity contribution in [2.45, 2.75) is 51.1 Å². The molecule has 2 saturated carbocycles. The summed E-state index contributed by atoms with van der Waals surface area (Å²) in [5.41, 5.74) is 2.26. The third-order valence-corrected chi connectivity index (χ3v) is 5.54. The SMILES string of the molecule is Cn1ccc(CC(=O)N(Cc2ccc(OCC3CCC3)cc2)C2CC2)c1. The quantitative estimate of drug-likeness (QED) is 0.721. The number of ether oxygens (including phenoxy) is 1. The summed E-state index contributed by atoms with van der Waals surface area (Å²) in [7, 11) is 1.99. The number of benzene rings is 1. The third-order valence-electron chi connectivity index (χ3n) is 5.54. The number of rotatable bonds is 8. The summed E-state index contributed by atoms with van der Waals surface area (Å²) in [5.74, 6) is 1.91. The number of carbonyl (C=O) groups is 1. The van der Waals surface area contributed by atoms with E-state index in [4.69, 9.17) is 4.74 Å². The van der Waals surface area contributed by atoms with Crippen LogP contribution in [0.15, 0.2) is 42.7 Å². The Labute approximate surface area is 155 Å². The average Bonchev–Trinajstić information content (AvgIpc) is 3.35. The van der Waals surface area contributed by atoms with Gasteiger partial charge in [0, 0.05) is 32.0 Å². The molecule has 1 aromatic carbocycles. The lowest BCUT2D eigenvalue weighted by atomic mass is 9.86. The number of nitrogens with zero attached hydrogens (tertiary/aromatic N) is 2. The maximum Gasteiger partial charge on any atom is 0.227 e. The summed E-state index contributed by atoms with van der Waals surface area (Å²) < 4.78 is 7.87. The van der Waals surface area contributed by atoms with Gasteiger partial charge in [-0.25, -0.2) is 0 Å². The lowest BCUT2D eigenvalue weighted by molar-refractivity contribution is -0.131. The van der Waals surface area contributed by atoms with Crippen LogP contribution in [0.2, 0.25) is 0 Å². The number of hydrogen-bond donors (Lipinski definition) is 0. The molecule has 4 nitrogen and oxygen atoms in total. The van der Waals surface area contributed by atoms with Crippen LogP contribution in [0.4, 0.5) is 0 Å². The molecule has 0 unspecified atom stereocenters. The standard InChI is InChI=1S/C22H28N2O2/c1-23-12-11-19(14-23)13-22(25)24(20-7-8-20)15-17-5-9-21(10-6-17)26-16-18-3-2-4-18/h5-6,9-12,14,18,20H,2-4,7-8,13,15-16H2,1H3. The van der Waals surface area contributed by atoms with E-state index in [1.54, 1.807) is 0 Å². The van der Waals surface area contributed by atoms with Gasteiger partial charge in [0.05, 0.1) is 13.0 Å². The number of hydrogen-bond acceptors (Lipinski definition) is 2. The van der Waals surface area contributed by atoms with E-state index in [2.05, 4.69) is 17.0 Å². The predicted molar refractivity (Wildman–Crippen MR) is 102 cm³/mol. The van der Waals surface area contributed by atoms with Crippen molar-refractivity contribution in [2.24, 2.45) is 13.0 Å². The Hall–Kier alpha value is -2.23. The summed E-state index contributed by atoms with van der Waals surface area (Å²) in [6.07, 6.45) is 10.7. The molecule has 0 saturated heterocycles. The van der Waals surface area contributed by atoms with Crippen LogP contribution in [-0.2, 0) is 24.8 Å². The van der Waals surface area contributed by atoms with Gasteiger partial charge in [0.15, 0.2) is 0 Å². The van der Waals surface area contributed by atoms with Crippen LogP contribution in [0.3, 0.4) is 0 Å². The summed E-state index contributed by atoms with van der Waals surface area (Å²) in [6, 6.07) is 10.7. The average molecular weight is 352 g/mol. The maximum absolute atomic E-state index is 12.8. The highest BCUT2D eigenvalue weighted by Gasteiger charge is 2.32. The van der Waals surface area contributed by atoms with Crippen molar-refractivity contribution in [3.05, 3.63) is 53.9 Å². The van der Waals surface area contributed by atoms with Crippen molar-refractivity contribution in [2.75, 3.05) is 6.61 Å². The minimum Gasteiger partial charge on any atom is -0.493 e. The van der Waals surface area contributed by atoms with E-state index < -0.39 is 0 Å². The Morgan fingerprint density at radius 3 is 2.46 bits per heavy atom. The smallest absolute Gasteiger partial charge is 0.227 e. The normalized spacial score (nSPS) is 17.0. The predicted octanol–water partition coefficient (Wildman–Crippen LogP) is 3.94. The molecule has 1 amide bonds. The zero-order valence-electron chi connectivity index (χ0n) is 15.6. The van der Waals surface area contributed by atoms with E-state index in [1.165, 1.54) is 24.8 Å². The molecule has 26 heavy (non-hydrogen) atoms. The first kappa shape index (κ1) is 17.2. The van der Waals surface area contributed by atoms with E-state index in [9.17, 15) is 4.79 Å². The van der Waals surface area contributed by atoms with Crippen LogP contribution in [0.5, 0.6) is 5.75 Å². The molecule has 4 heteroatoms. The van der Waals surface area contributed by atoms with Gasteiger partial charge in [-0.05, 0) is 60.9 Å². The number of aromatic nitrogens is 1. The molecule has 0 bridgehead atoms. The molecule has 2 aliphatic carbocycles. The number of aryl methyl sites for hydroxylation is 1. The maximum atomic E-state index is 12.8. The second kappa shape index (κ2) is 7.56. The van der Waals surface area contributed by atoms with Gasteiger partial charge >= 0.3 is 0 Å². The van der Waals surface area contributed by atoms with Gasteiger partial charge < -0.3 is 14.2 Å². The minimum absolute atomic E-state index is 0.226. The van der Waals surface area contributed by atoms with E-state index in [0.717, 1.165) is 36.7 Å². The Kier molecular flexibility index (Phi) is 5.00. The molecule has 138 valence electrons. The van der Waals surface area contributed by atoms with E-state index in [1.807, 2.05) is 42.2 Å². The lowest BCUT2D eigenvalue weighted by Crippen LogP contribution is -2.33. The van der Waals surface area contributed by atoms with Crippen LogP contribution >= 0.6 is 0 Å². The highest BCUT2D eigenvalue weighted by atomic mass is 16.5. The van der Waals surface area contributed by atoms with Gasteiger partial charge in [0.25, 0.3) is 0 Å². The first-order valence-corrected chi connectivity index (χ1v) is 9.79. The number of amides is 1. The molecule has 0 radical (unpaired) electrons. The summed E-state index contributed by atoms with van der Waals surface area (Å²) >= 11 is 0. The monoisotopic (exact) mass is 352 g/mol. The van der Waals surface area contributed by atoms with Gasteiger partial charge in [-0.3, -0.25) is 4.79 Å². The first-order chi connectivity index (χ1) is 12.7. The molecular formula is C22H28N2O2. The molecule has 0 spiro atoms. The first-order valence-electron chi connectivity index (χ1n) is 9.79. The van der Waals surface area contributed by atoms with Crippen molar-refractivity contribution < 1.29 is 9.53 Å². The highest BCUT2D eigenvalue weighted by molar-refractivity contribution is 5.79. The van der Waals surface area contributed by atoms with Crippen molar-refractivity contribution in [3.8, 4) is 5.75 Å². The largest absolute Gasteiger partial charge is 0.493 e. The van der Waals surface area contributed by atoms with Crippen LogP contribution in [0.1, 0.15) is 43.2 Å². The highest BCUT2D eigenvalue weighted by Crippen LogP contribution is 2.30. The van der Waals surface area contributed by atoms with Crippen LogP contribution < -0.4 is 4.74 Å². The Bertz CT molecular complexity index is 742. The Morgan fingerprint density at radius 1 is 1.12 bits per heavy atom. The lowest BCUT2D eigenvalue weighted by Gasteiger charge is -2.25. The molecule has 2 aliphatic rings. The van der Waals surface area contributed by atoms with Gasteiger partial charge in [-0.15, -0.1) is 0 Å².